The summed E-state index contributed by atoms with van der Waals surface area (Å²) in [5, 5.41) is 0. The molecule has 0 spiro atoms. The summed E-state index contributed by atoms with van der Waals surface area (Å²) in [6.07, 6.45) is 0. The van der Waals surface area contributed by atoms with Crippen molar-refractivity contribution < 1.29 is 14.2 Å². The Hall–Kier alpha value is -1.71. The Balaban J connectivity index is 2.91. The van der Waals surface area contributed by atoms with Crippen molar-refractivity contribution in [1.29, 1.82) is 0 Å². The largest absolute Gasteiger partial charge is 0.462 e. The minimum atomic E-state index is 0.233. The molecule has 0 N–H and O–H groups in total. The van der Waals surface area contributed by atoms with E-state index < -0.39 is 0 Å². The molecule has 0 aliphatic heterocycles. The summed E-state index contributed by atoms with van der Waals surface area (Å²) in [4.78, 5) is 20.3. The van der Waals surface area contributed by atoms with Gasteiger partial charge in [0.15, 0.2) is 0 Å². The molecule has 0 radical (unpaired) electrons. The molecule has 9 heteroatoms. The van der Waals surface area contributed by atoms with Crippen LogP contribution in [0.15, 0.2) is 0 Å². The molecule has 0 saturated heterocycles. The minimum absolute atomic E-state index is 0.233. The summed E-state index contributed by atoms with van der Waals surface area (Å²) in [6.45, 7) is 30.1. The van der Waals surface area contributed by atoms with E-state index in [1.54, 1.807) is 0 Å². The normalized spacial score (nSPS) is 12.6. The molecule has 0 fully saturated rings. The Kier molecular flexibility index (Phi) is 14.5. The van der Waals surface area contributed by atoms with Crippen molar-refractivity contribution in [2.45, 2.75) is 119 Å². The smallest absolute Gasteiger partial charge is 0.325 e. The summed E-state index contributed by atoms with van der Waals surface area (Å²) in [5.74, 6) is 0. The van der Waals surface area contributed by atoms with E-state index in [1.807, 2.05) is 0 Å². The number of hydrogen-bond donors (Lipinski definition) is 0. The van der Waals surface area contributed by atoms with Gasteiger partial charge in [-0.2, -0.15) is 0 Å². The van der Waals surface area contributed by atoms with Crippen molar-refractivity contribution in [3.05, 3.63) is 0 Å². The second-order valence-electron chi connectivity index (χ2n) is 11.0. The van der Waals surface area contributed by atoms with Gasteiger partial charge < -0.3 is 14.2 Å². The van der Waals surface area contributed by atoms with Gasteiger partial charge in [0, 0.05) is 55.9 Å². The first kappa shape index (κ1) is 32.3. The van der Waals surface area contributed by atoms with E-state index in [4.69, 9.17) is 14.2 Å². The van der Waals surface area contributed by atoms with E-state index in [9.17, 15) is 0 Å². The highest BCUT2D eigenvalue weighted by Crippen LogP contribution is 2.16. The number of rotatable bonds is 18. The van der Waals surface area contributed by atoms with Crippen molar-refractivity contribution in [3.8, 4) is 18.0 Å². The van der Waals surface area contributed by atoms with Crippen LogP contribution in [0.2, 0.25) is 0 Å². The Morgan fingerprint density at radius 2 is 0.611 bits per heavy atom. The molecule has 210 valence electrons. The van der Waals surface area contributed by atoms with E-state index in [2.05, 4.69) is 113 Å². The fraction of sp³-hybridized carbons (Fsp3) is 0.889. The zero-order valence-electron chi connectivity index (χ0n) is 25.1. The van der Waals surface area contributed by atoms with Gasteiger partial charge >= 0.3 is 18.0 Å². The molecule has 1 aromatic rings. The van der Waals surface area contributed by atoms with Gasteiger partial charge in [-0.15, -0.1) is 15.0 Å². The van der Waals surface area contributed by atoms with Gasteiger partial charge in [-0.1, -0.05) is 0 Å². The molecular formula is C27H54N6O3. The van der Waals surface area contributed by atoms with Gasteiger partial charge in [0.05, 0.1) is 0 Å². The van der Waals surface area contributed by atoms with Crippen LogP contribution in [-0.4, -0.2) is 105 Å². The van der Waals surface area contributed by atoms with Crippen molar-refractivity contribution in [2.24, 2.45) is 0 Å². The van der Waals surface area contributed by atoms with Crippen LogP contribution in [-0.2, 0) is 0 Å². The molecule has 0 bridgehead atoms. The third-order valence-corrected chi connectivity index (χ3v) is 6.30. The average Bonchev–Trinajstić information content (AvgIpc) is 2.75. The van der Waals surface area contributed by atoms with Crippen LogP contribution in [0.4, 0.5) is 0 Å². The van der Waals surface area contributed by atoms with Crippen LogP contribution >= 0.6 is 0 Å². The first-order chi connectivity index (χ1) is 16.8. The zero-order valence-corrected chi connectivity index (χ0v) is 25.1. The summed E-state index contributed by atoms with van der Waals surface area (Å²) >= 11 is 0. The fourth-order valence-electron chi connectivity index (χ4n) is 4.58. The lowest BCUT2D eigenvalue weighted by molar-refractivity contribution is 0.124. The second kappa shape index (κ2) is 16.2. The summed E-state index contributed by atoms with van der Waals surface area (Å²) < 4.78 is 17.8. The molecule has 0 aromatic carbocycles. The van der Waals surface area contributed by atoms with Crippen LogP contribution in [0.25, 0.3) is 0 Å². The highest BCUT2D eigenvalue weighted by Gasteiger charge is 2.18. The van der Waals surface area contributed by atoms with Gasteiger partial charge in [0.25, 0.3) is 0 Å². The number of hydrogen-bond acceptors (Lipinski definition) is 9. The maximum absolute atomic E-state index is 5.94. The maximum atomic E-state index is 5.94. The monoisotopic (exact) mass is 510 g/mol. The first-order valence-electron chi connectivity index (χ1n) is 13.7. The van der Waals surface area contributed by atoms with Crippen LogP contribution in [0, 0.1) is 0 Å². The molecule has 0 unspecified atom stereocenters. The van der Waals surface area contributed by atoms with Crippen LogP contribution in [0.5, 0.6) is 18.0 Å². The zero-order chi connectivity index (χ0) is 27.4. The van der Waals surface area contributed by atoms with Gasteiger partial charge in [-0.25, -0.2) is 0 Å². The van der Waals surface area contributed by atoms with E-state index in [0.29, 0.717) is 56.1 Å². The van der Waals surface area contributed by atoms with Crippen molar-refractivity contribution in [3.63, 3.8) is 0 Å². The number of nitrogens with zero attached hydrogens (tertiary/aromatic N) is 6. The molecule has 36 heavy (non-hydrogen) atoms. The Morgan fingerprint density at radius 1 is 0.417 bits per heavy atom. The van der Waals surface area contributed by atoms with Gasteiger partial charge in [0.2, 0.25) is 0 Å². The standard InChI is InChI=1S/C27H54N6O3/c1-19(2)31(20(3)4)13-16-34-25-28-26(35-17-14-32(21(5)6)22(7)8)30-27(29-25)36-18-15-33(23(9)10)24(11)12/h19-24H,13-18H2,1-12H3. The second-order valence-corrected chi connectivity index (χ2v) is 11.0. The summed E-state index contributed by atoms with van der Waals surface area (Å²) in [7, 11) is 0. The van der Waals surface area contributed by atoms with Gasteiger partial charge in [0.1, 0.15) is 19.8 Å². The lowest BCUT2D eigenvalue weighted by atomic mass is 10.2. The molecule has 0 saturated carbocycles. The third-order valence-electron chi connectivity index (χ3n) is 6.30. The van der Waals surface area contributed by atoms with E-state index in [-0.39, 0.29) is 18.0 Å². The van der Waals surface area contributed by atoms with E-state index in [1.165, 1.54) is 0 Å². The average molecular weight is 511 g/mol. The molecule has 0 aliphatic carbocycles. The molecule has 9 nitrogen and oxygen atoms in total. The first-order valence-corrected chi connectivity index (χ1v) is 13.7. The minimum Gasteiger partial charge on any atom is -0.462 e. The summed E-state index contributed by atoms with van der Waals surface area (Å²) in [5.41, 5.74) is 0. The van der Waals surface area contributed by atoms with Crippen LogP contribution in [0.1, 0.15) is 83.1 Å². The van der Waals surface area contributed by atoms with Crippen molar-refractivity contribution >= 4 is 0 Å². The molecule has 1 aromatic heterocycles. The number of ether oxygens (including phenoxy) is 3. The lowest BCUT2D eigenvalue weighted by Gasteiger charge is -2.30. The number of aromatic nitrogens is 3. The Morgan fingerprint density at radius 3 is 0.778 bits per heavy atom. The van der Waals surface area contributed by atoms with E-state index >= 15 is 0 Å². The Bertz CT molecular complexity index is 596. The molecule has 0 amide bonds. The Labute approximate surface area is 220 Å². The lowest BCUT2D eigenvalue weighted by Crippen LogP contribution is -2.40. The third kappa shape index (κ3) is 11.6. The predicted octanol–water partition coefficient (Wildman–Crippen LogP) is 4.36. The molecule has 0 aliphatic rings. The quantitative estimate of drug-likeness (QED) is 0.286. The molecule has 1 heterocycles. The molecule has 0 atom stereocenters. The van der Waals surface area contributed by atoms with Crippen molar-refractivity contribution in [2.75, 3.05) is 39.5 Å². The van der Waals surface area contributed by atoms with E-state index in [0.717, 1.165) is 19.6 Å². The van der Waals surface area contributed by atoms with Gasteiger partial charge in [-0.05, 0) is 83.1 Å². The molecule has 1 rings (SSSR count). The highest BCUT2D eigenvalue weighted by molar-refractivity contribution is 5.09. The van der Waals surface area contributed by atoms with Crippen molar-refractivity contribution in [1.82, 2.24) is 29.7 Å². The highest BCUT2D eigenvalue weighted by atomic mass is 16.5. The summed E-state index contributed by atoms with van der Waals surface area (Å²) in [6, 6.07) is 3.28. The SMILES string of the molecule is CC(C)N(CCOc1nc(OCCN(C(C)C)C(C)C)nc(OCCN(C(C)C)C(C)C)n1)C(C)C. The fourth-order valence-corrected chi connectivity index (χ4v) is 4.58. The topological polar surface area (TPSA) is 76.1 Å². The van der Waals surface area contributed by atoms with Gasteiger partial charge in [-0.3, -0.25) is 14.7 Å². The van der Waals surface area contributed by atoms with Crippen LogP contribution in [0.3, 0.4) is 0 Å². The van der Waals surface area contributed by atoms with Crippen LogP contribution < -0.4 is 14.2 Å². The predicted molar refractivity (Wildman–Crippen MR) is 147 cm³/mol. The maximum Gasteiger partial charge on any atom is 0.325 e. The molecular weight excluding hydrogens is 456 g/mol.